The molecule has 2 aromatic rings. The van der Waals surface area contributed by atoms with Crippen LogP contribution in [-0.4, -0.2) is 49.2 Å². The van der Waals surface area contributed by atoms with Crippen LogP contribution in [0.25, 0.3) is 0 Å². The molecule has 1 atom stereocenters. The number of benzene rings is 2. The predicted octanol–water partition coefficient (Wildman–Crippen LogP) is 3.15. The number of ether oxygens (including phenoxy) is 1. The summed E-state index contributed by atoms with van der Waals surface area (Å²) in [4.78, 5) is 40.9. The van der Waals surface area contributed by atoms with Gasteiger partial charge < -0.3 is 14.5 Å². The van der Waals surface area contributed by atoms with Crippen LogP contribution in [0.1, 0.15) is 34.3 Å². The van der Waals surface area contributed by atoms with Crippen molar-refractivity contribution >= 4 is 23.3 Å². The van der Waals surface area contributed by atoms with Crippen molar-refractivity contribution in [3.8, 4) is 5.75 Å². The van der Waals surface area contributed by atoms with Crippen molar-refractivity contribution < 1.29 is 19.1 Å². The number of nitrogens with zero attached hydrogens (tertiary/aromatic N) is 2. The third-order valence-electron chi connectivity index (χ3n) is 5.19. The summed E-state index contributed by atoms with van der Waals surface area (Å²) in [5.41, 5.74) is 3.41. The lowest BCUT2D eigenvalue weighted by atomic mass is 10.0. The van der Waals surface area contributed by atoms with Crippen molar-refractivity contribution in [1.82, 2.24) is 4.90 Å². The van der Waals surface area contributed by atoms with Gasteiger partial charge in [-0.3, -0.25) is 14.4 Å². The minimum atomic E-state index is -0.765. The normalized spacial score (nSPS) is 15.3. The lowest BCUT2D eigenvalue weighted by Gasteiger charge is -2.35. The van der Waals surface area contributed by atoms with Gasteiger partial charge in [-0.1, -0.05) is 24.3 Å². The molecule has 0 bridgehead atoms. The van der Waals surface area contributed by atoms with Gasteiger partial charge in [-0.15, -0.1) is 0 Å². The number of amides is 2. The van der Waals surface area contributed by atoms with E-state index in [1.165, 1.54) is 4.90 Å². The largest absolute Gasteiger partial charge is 0.476 e. The van der Waals surface area contributed by atoms with Crippen LogP contribution in [0, 0.1) is 13.8 Å². The molecule has 0 fully saturated rings. The molecule has 6 nitrogen and oxygen atoms in total. The number of carbonyl (C=O) groups is 3. The van der Waals surface area contributed by atoms with Crippen LogP contribution in [0.2, 0.25) is 0 Å². The van der Waals surface area contributed by atoms with E-state index in [4.69, 9.17) is 4.74 Å². The molecular weight excluding hydrogens is 368 g/mol. The van der Waals surface area contributed by atoms with Crippen LogP contribution in [0.5, 0.6) is 5.75 Å². The first-order valence-electron chi connectivity index (χ1n) is 9.65. The second-order valence-electron chi connectivity index (χ2n) is 7.53. The number of hydrogen-bond donors (Lipinski definition) is 0. The van der Waals surface area contributed by atoms with Crippen molar-refractivity contribution in [3.63, 3.8) is 0 Å². The average Bonchev–Trinajstić information content (AvgIpc) is 2.72. The first-order valence-corrected chi connectivity index (χ1v) is 9.65. The number of para-hydroxylation sites is 2. The molecule has 1 aliphatic rings. The van der Waals surface area contributed by atoms with Crippen molar-refractivity contribution in [2.75, 3.05) is 25.5 Å². The molecule has 152 valence electrons. The van der Waals surface area contributed by atoms with Crippen molar-refractivity contribution in [3.05, 3.63) is 59.2 Å². The molecule has 0 aliphatic carbocycles. The maximum absolute atomic E-state index is 12.9. The number of hydrogen-bond acceptors (Lipinski definition) is 4. The van der Waals surface area contributed by atoms with E-state index in [0.29, 0.717) is 17.0 Å². The van der Waals surface area contributed by atoms with Gasteiger partial charge in [-0.25, -0.2) is 0 Å². The summed E-state index contributed by atoms with van der Waals surface area (Å²) in [6.45, 7) is 4.09. The summed E-state index contributed by atoms with van der Waals surface area (Å²) in [5.74, 6) is 0.0229. The van der Waals surface area contributed by atoms with Gasteiger partial charge in [-0.2, -0.15) is 0 Å². The lowest BCUT2D eigenvalue weighted by molar-refractivity contribution is -0.136. The zero-order valence-corrected chi connectivity index (χ0v) is 17.3. The highest BCUT2D eigenvalue weighted by molar-refractivity contribution is 6.02. The van der Waals surface area contributed by atoms with Gasteiger partial charge in [0.15, 0.2) is 11.9 Å². The van der Waals surface area contributed by atoms with Crippen LogP contribution in [0.4, 0.5) is 5.69 Å². The zero-order valence-electron chi connectivity index (χ0n) is 17.3. The van der Waals surface area contributed by atoms with Gasteiger partial charge in [0.05, 0.1) is 12.2 Å². The van der Waals surface area contributed by atoms with Crippen molar-refractivity contribution in [2.24, 2.45) is 0 Å². The van der Waals surface area contributed by atoms with Gasteiger partial charge in [0.2, 0.25) is 5.91 Å². The van der Waals surface area contributed by atoms with Crippen molar-refractivity contribution in [2.45, 2.75) is 32.8 Å². The van der Waals surface area contributed by atoms with E-state index in [-0.39, 0.29) is 37.0 Å². The topological polar surface area (TPSA) is 66.9 Å². The van der Waals surface area contributed by atoms with Crippen molar-refractivity contribution in [1.29, 1.82) is 0 Å². The van der Waals surface area contributed by atoms with Crippen LogP contribution in [0.15, 0.2) is 42.5 Å². The number of anilines is 1. The Balaban J connectivity index is 1.74. The van der Waals surface area contributed by atoms with Crippen LogP contribution in [0.3, 0.4) is 0 Å². The molecule has 6 heteroatoms. The Kier molecular flexibility index (Phi) is 6.01. The van der Waals surface area contributed by atoms with Gasteiger partial charge in [0.25, 0.3) is 5.91 Å². The van der Waals surface area contributed by atoms with Crippen LogP contribution < -0.4 is 9.64 Å². The quantitative estimate of drug-likeness (QED) is 0.731. The minimum absolute atomic E-state index is 0.0658. The van der Waals surface area contributed by atoms with E-state index in [0.717, 1.165) is 11.1 Å². The van der Waals surface area contributed by atoms with E-state index < -0.39 is 6.10 Å². The lowest BCUT2D eigenvalue weighted by Crippen LogP contribution is -2.50. The molecule has 2 amide bonds. The summed E-state index contributed by atoms with van der Waals surface area (Å²) >= 11 is 0. The van der Waals surface area contributed by atoms with Crippen LogP contribution >= 0.6 is 0 Å². The van der Waals surface area contributed by atoms with Gasteiger partial charge in [0.1, 0.15) is 5.75 Å². The molecule has 1 heterocycles. The Labute approximate surface area is 171 Å². The van der Waals surface area contributed by atoms with Crippen LogP contribution in [-0.2, 0) is 9.59 Å². The molecule has 2 aromatic carbocycles. The van der Waals surface area contributed by atoms with Gasteiger partial charge in [-0.05, 0) is 43.2 Å². The Morgan fingerprint density at radius 3 is 2.45 bits per heavy atom. The van der Waals surface area contributed by atoms with Gasteiger partial charge >= 0.3 is 0 Å². The fraction of sp³-hybridized carbons (Fsp3) is 0.348. The number of likely N-dealkylation sites (N-methyl/N-ethyl adjacent to an activating group) is 1. The third kappa shape index (κ3) is 4.47. The molecule has 3 rings (SSSR count). The smallest absolute Gasteiger partial charge is 0.265 e. The summed E-state index contributed by atoms with van der Waals surface area (Å²) in [6.07, 6.45) is -0.574. The number of Topliss-reactive ketones (excluding diaryl/α,β-unsaturated/α-hetero) is 1. The standard InChI is InChI=1S/C23H26N2O4/c1-15-9-10-17(13-16(15)2)19(26)11-12-22(27)25-14-21(23(28)24(3)4)29-20-8-6-5-7-18(20)25/h5-10,13,21H,11-12,14H2,1-4H3/t21-/m0/s1. The summed E-state index contributed by atoms with van der Waals surface area (Å²) < 4.78 is 5.80. The second-order valence-corrected chi connectivity index (χ2v) is 7.53. The molecule has 0 radical (unpaired) electrons. The molecule has 0 aromatic heterocycles. The molecule has 0 N–H and O–H groups in total. The monoisotopic (exact) mass is 394 g/mol. The number of rotatable bonds is 5. The Hall–Kier alpha value is -3.15. The highest BCUT2D eigenvalue weighted by Gasteiger charge is 2.34. The van der Waals surface area contributed by atoms with E-state index >= 15 is 0 Å². The molecule has 0 spiro atoms. The van der Waals surface area contributed by atoms with Gasteiger partial charge in [0, 0.05) is 32.5 Å². The first-order chi connectivity index (χ1) is 13.8. The van der Waals surface area contributed by atoms with E-state index in [1.807, 2.05) is 32.0 Å². The van der Waals surface area contributed by atoms with E-state index in [9.17, 15) is 14.4 Å². The first kappa shape index (κ1) is 20.6. The molecule has 0 saturated heterocycles. The maximum Gasteiger partial charge on any atom is 0.265 e. The fourth-order valence-electron chi connectivity index (χ4n) is 3.30. The molecular formula is C23H26N2O4. The number of carbonyl (C=O) groups excluding carboxylic acids is 3. The molecule has 0 saturated carbocycles. The average molecular weight is 394 g/mol. The second kappa shape index (κ2) is 8.47. The number of fused-ring (bicyclic) bond motifs is 1. The summed E-state index contributed by atoms with van der Waals surface area (Å²) in [7, 11) is 3.31. The summed E-state index contributed by atoms with van der Waals surface area (Å²) in [6, 6.07) is 12.7. The van der Waals surface area contributed by atoms with E-state index in [2.05, 4.69) is 0 Å². The predicted molar refractivity (Wildman–Crippen MR) is 111 cm³/mol. The zero-order chi connectivity index (χ0) is 21.1. The van der Waals surface area contributed by atoms with E-state index in [1.54, 1.807) is 43.3 Å². The third-order valence-corrected chi connectivity index (χ3v) is 5.19. The number of aryl methyl sites for hydroxylation is 2. The highest BCUT2D eigenvalue weighted by atomic mass is 16.5. The SMILES string of the molecule is Cc1ccc(C(=O)CCC(=O)N2C[C@@H](C(=O)N(C)C)Oc3ccccc32)cc1C. The Morgan fingerprint density at radius 1 is 1.03 bits per heavy atom. The fourth-order valence-corrected chi connectivity index (χ4v) is 3.30. The maximum atomic E-state index is 12.9. The molecule has 0 unspecified atom stereocenters. The molecule has 1 aliphatic heterocycles. The molecule has 29 heavy (non-hydrogen) atoms. The minimum Gasteiger partial charge on any atom is -0.476 e. The number of ketones is 1. The Bertz CT molecular complexity index is 952. The highest BCUT2D eigenvalue weighted by Crippen LogP contribution is 2.34. The Morgan fingerprint density at radius 2 is 1.76 bits per heavy atom. The summed E-state index contributed by atoms with van der Waals surface area (Å²) in [5, 5.41) is 0.